The van der Waals surface area contributed by atoms with E-state index in [1.54, 1.807) is 0 Å². The van der Waals surface area contributed by atoms with Gasteiger partial charge in [-0.1, -0.05) is 11.6 Å². The lowest BCUT2D eigenvalue weighted by Crippen LogP contribution is -2.37. The third-order valence-electron chi connectivity index (χ3n) is 4.89. The first-order chi connectivity index (χ1) is 11.8. The normalized spacial score (nSPS) is 17.7. The minimum absolute atomic E-state index is 0.0861. The highest BCUT2D eigenvalue weighted by Crippen LogP contribution is 2.36. The smallest absolute Gasteiger partial charge is 0.229 e. The van der Waals surface area contributed by atoms with Crippen LogP contribution in [0.2, 0.25) is 0 Å². The van der Waals surface area contributed by atoms with E-state index in [0.29, 0.717) is 0 Å². The summed E-state index contributed by atoms with van der Waals surface area (Å²) in [7, 11) is -0.305. The summed E-state index contributed by atoms with van der Waals surface area (Å²) in [6.07, 6.45) is 2.71. The number of amides is 1. The van der Waals surface area contributed by atoms with Gasteiger partial charge in [-0.05, 0) is 43.9 Å². The quantitative estimate of drug-likeness (QED) is 0.851. The second-order valence-electron chi connectivity index (χ2n) is 6.90. The molecule has 1 heterocycles. The Labute approximate surface area is 148 Å². The van der Waals surface area contributed by atoms with Crippen molar-refractivity contribution in [2.45, 2.75) is 32.1 Å². The fourth-order valence-corrected chi connectivity index (χ4v) is 4.17. The number of benzene rings is 1. The molecule has 0 spiro atoms. The molecule has 2 aromatic rings. The third kappa shape index (κ3) is 3.57. The van der Waals surface area contributed by atoms with E-state index >= 15 is 0 Å². The molecule has 0 saturated heterocycles. The number of fused-ring (bicyclic) bond motifs is 3. The van der Waals surface area contributed by atoms with Gasteiger partial charge in [0.05, 0.1) is 11.7 Å². The Kier molecular flexibility index (Phi) is 4.88. The summed E-state index contributed by atoms with van der Waals surface area (Å²) in [6, 6.07) is 6.28. The first-order valence-electron chi connectivity index (χ1n) is 8.58. The van der Waals surface area contributed by atoms with Crippen LogP contribution in [0.25, 0.3) is 10.9 Å². The van der Waals surface area contributed by atoms with E-state index in [-0.39, 0.29) is 24.1 Å². The van der Waals surface area contributed by atoms with Crippen LogP contribution < -0.4 is 5.32 Å². The van der Waals surface area contributed by atoms with E-state index in [9.17, 15) is 13.2 Å². The number of H-pyrrole nitrogens is 1. The van der Waals surface area contributed by atoms with Crippen LogP contribution in [-0.4, -0.2) is 50.0 Å². The number of rotatable bonds is 5. The van der Waals surface area contributed by atoms with Crippen molar-refractivity contribution >= 4 is 26.8 Å². The number of hydrogen-bond acceptors (Lipinski definition) is 3. The molecule has 0 saturated carbocycles. The van der Waals surface area contributed by atoms with Crippen molar-refractivity contribution in [2.24, 2.45) is 0 Å². The van der Waals surface area contributed by atoms with Crippen molar-refractivity contribution in [1.82, 2.24) is 14.6 Å². The second-order valence-corrected chi connectivity index (χ2v) is 9.20. The number of carbonyl (C=O) groups is 1. The van der Waals surface area contributed by atoms with Gasteiger partial charge in [0.2, 0.25) is 15.9 Å². The summed E-state index contributed by atoms with van der Waals surface area (Å²) in [5.74, 6) is -0.422. The first kappa shape index (κ1) is 17.9. The molecule has 2 N–H and O–H groups in total. The van der Waals surface area contributed by atoms with Crippen LogP contribution in [0.4, 0.5) is 0 Å². The molecular formula is C18H25N3O3S. The molecule has 0 radical (unpaired) electrons. The number of sulfonamides is 1. The molecule has 0 aliphatic heterocycles. The Morgan fingerprint density at radius 3 is 2.84 bits per heavy atom. The molecule has 0 unspecified atom stereocenters. The summed E-state index contributed by atoms with van der Waals surface area (Å²) < 4.78 is 24.8. The predicted octanol–water partition coefficient (Wildman–Crippen LogP) is 1.90. The van der Waals surface area contributed by atoms with Crippen molar-refractivity contribution in [1.29, 1.82) is 0 Å². The molecule has 0 bridgehead atoms. The van der Waals surface area contributed by atoms with Gasteiger partial charge in [0.1, 0.15) is 0 Å². The van der Waals surface area contributed by atoms with E-state index in [2.05, 4.69) is 35.4 Å². The maximum absolute atomic E-state index is 12.6. The van der Waals surface area contributed by atoms with Gasteiger partial charge in [-0.15, -0.1) is 0 Å². The molecule has 0 fully saturated rings. The lowest BCUT2D eigenvalue weighted by molar-refractivity contribution is -0.122. The standard InChI is InChI=1S/C18H25N3O3S/c1-12-7-8-16-15(11-12)13-5-4-6-14(17(13)20-16)18(22)19-9-10-25(23,24)21(2)3/h7-8,11,14,20H,4-6,9-10H2,1-3H3,(H,19,22)/t14-/m1/s1. The van der Waals surface area contributed by atoms with Crippen molar-refractivity contribution < 1.29 is 13.2 Å². The Bertz CT molecular complexity index is 900. The molecule has 1 aromatic heterocycles. The van der Waals surface area contributed by atoms with E-state index in [1.807, 2.05) is 0 Å². The Morgan fingerprint density at radius 2 is 2.12 bits per heavy atom. The fraction of sp³-hybridized carbons (Fsp3) is 0.500. The van der Waals surface area contributed by atoms with Crippen LogP contribution in [0.1, 0.15) is 35.6 Å². The summed E-state index contributed by atoms with van der Waals surface area (Å²) >= 11 is 0. The van der Waals surface area contributed by atoms with Crippen LogP contribution in [0.15, 0.2) is 18.2 Å². The second kappa shape index (κ2) is 6.80. The Hall–Kier alpha value is -1.86. The van der Waals surface area contributed by atoms with E-state index in [1.165, 1.54) is 34.9 Å². The molecule has 25 heavy (non-hydrogen) atoms. The molecule has 1 aliphatic carbocycles. The summed E-state index contributed by atoms with van der Waals surface area (Å²) in [4.78, 5) is 16.0. The Morgan fingerprint density at radius 1 is 1.36 bits per heavy atom. The zero-order chi connectivity index (χ0) is 18.2. The van der Waals surface area contributed by atoms with Gasteiger partial charge in [-0.25, -0.2) is 12.7 Å². The van der Waals surface area contributed by atoms with Gasteiger partial charge < -0.3 is 10.3 Å². The topological polar surface area (TPSA) is 82.3 Å². The number of aromatic amines is 1. The molecule has 136 valence electrons. The molecular weight excluding hydrogens is 338 g/mol. The molecule has 3 rings (SSSR count). The van der Waals surface area contributed by atoms with Gasteiger partial charge in [-0.3, -0.25) is 4.79 Å². The van der Waals surface area contributed by atoms with Crippen LogP contribution in [0.3, 0.4) is 0 Å². The molecule has 1 aliphatic rings. The minimum Gasteiger partial charge on any atom is -0.357 e. The van der Waals surface area contributed by atoms with Crippen molar-refractivity contribution in [2.75, 3.05) is 26.4 Å². The van der Waals surface area contributed by atoms with Gasteiger partial charge in [0, 0.05) is 37.2 Å². The largest absolute Gasteiger partial charge is 0.357 e. The molecule has 6 nitrogen and oxygen atoms in total. The molecule has 7 heteroatoms. The van der Waals surface area contributed by atoms with Gasteiger partial charge in [-0.2, -0.15) is 0 Å². The van der Waals surface area contributed by atoms with Crippen molar-refractivity contribution in [3.05, 3.63) is 35.0 Å². The minimum atomic E-state index is -3.30. The van der Waals surface area contributed by atoms with E-state index in [0.717, 1.165) is 30.5 Å². The van der Waals surface area contributed by atoms with Crippen LogP contribution in [0, 0.1) is 6.92 Å². The fourth-order valence-electron chi connectivity index (χ4n) is 3.45. The number of aromatic nitrogens is 1. The highest BCUT2D eigenvalue weighted by Gasteiger charge is 2.29. The predicted molar refractivity (Wildman–Crippen MR) is 99.2 cm³/mol. The average molecular weight is 363 g/mol. The van der Waals surface area contributed by atoms with Crippen molar-refractivity contribution in [3.8, 4) is 0 Å². The molecule has 1 atom stereocenters. The number of hydrogen-bond donors (Lipinski definition) is 2. The molecule has 1 amide bonds. The summed E-state index contributed by atoms with van der Waals surface area (Å²) in [5.41, 5.74) is 4.48. The van der Waals surface area contributed by atoms with Crippen LogP contribution in [-0.2, 0) is 21.2 Å². The van der Waals surface area contributed by atoms with Gasteiger partial charge in [0.15, 0.2) is 0 Å². The summed E-state index contributed by atoms with van der Waals surface area (Å²) in [6.45, 7) is 2.20. The zero-order valence-electron chi connectivity index (χ0n) is 14.9. The van der Waals surface area contributed by atoms with Crippen molar-refractivity contribution in [3.63, 3.8) is 0 Å². The van der Waals surface area contributed by atoms with Crippen LogP contribution >= 0.6 is 0 Å². The van der Waals surface area contributed by atoms with Gasteiger partial charge in [0.25, 0.3) is 0 Å². The maximum atomic E-state index is 12.6. The van der Waals surface area contributed by atoms with Gasteiger partial charge >= 0.3 is 0 Å². The number of nitrogens with one attached hydrogen (secondary N) is 2. The molecule has 1 aromatic carbocycles. The lowest BCUT2D eigenvalue weighted by Gasteiger charge is -2.22. The highest BCUT2D eigenvalue weighted by atomic mass is 32.2. The Balaban J connectivity index is 1.76. The lowest BCUT2D eigenvalue weighted by atomic mass is 9.86. The number of aryl methyl sites for hydroxylation is 2. The SMILES string of the molecule is Cc1ccc2[nH]c3c(c2c1)CCC[C@H]3C(=O)NCCS(=O)(=O)N(C)C. The number of carbonyl (C=O) groups excluding carboxylic acids is 1. The van der Waals surface area contributed by atoms with E-state index in [4.69, 9.17) is 0 Å². The number of nitrogens with zero attached hydrogens (tertiary/aromatic N) is 1. The van der Waals surface area contributed by atoms with Crippen LogP contribution in [0.5, 0.6) is 0 Å². The average Bonchev–Trinajstić information content (AvgIpc) is 2.92. The first-order valence-corrected chi connectivity index (χ1v) is 10.2. The van der Waals surface area contributed by atoms with E-state index < -0.39 is 10.0 Å². The monoisotopic (exact) mass is 363 g/mol. The highest BCUT2D eigenvalue weighted by molar-refractivity contribution is 7.89. The zero-order valence-corrected chi connectivity index (χ0v) is 15.7. The summed E-state index contributed by atoms with van der Waals surface area (Å²) in [5, 5.41) is 3.99. The maximum Gasteiger partial charge on any atom is 0.229 e. The third-order valence-corrected chi connectivity index (χ3v) is 6.73.